The number of hydrogen-bond donors (Lipinski definition) is 3. The van der Waals surface area contributed by atoms with E-state index in [1.165, 1.54) is 11.1 Å². The van der Waals surface area contributed by atoms with Crippen LogP contribution in [-0.2, 0) is 19.4 Å². The Bertz CT molecular complexity index is 1110. The summed E-state index contributed by atoms with van der Waals surface area (Å²) in [7, 11) is 0. The Labute approximate surface area is 149 Å². The van der Waals surface area contributed by atoms with Crippen LogP contribution in [0.1, 0.15) is 27.0 Å². The molecule has 6 heteroatoms. The number of carbonyl (C=O) groups is 1. The second kappa shape index (κ2) is 5.84. The molecule has 0 fully saturated rings. The number of pyridine rings is 1. The van der Waals surface area contributed by atoms with Crippen LogP contribution in [0.15, 0.2) is 48.9 Å². The molecule has 3 N–H and O–H groups in total. The third-order valence-electron chi connectivity index (χ3n) is 4.99. The normalized spacial score (nSPS) is 12.6. The molecule has 128 valence electrons. The zero-order valence-corrected chi connectivity index (χ0v) is 14.0. The fourth-order valence-electron chi connectivity index (χ4n) is 3.72. The van der Waals surface area contributed by atoms with E-state index in [-0.39, 0.29) is 5.91 Å². The fourth-order valence-corrected chi connectivity index (χ4v) is 3.72. The van der Waals surface area contributed by atoms with Gasteiger partial charge < -0.3 is 10.3 Å². The van der Waals surface area contributed by atoms with Gasteiger partial charge in [0.15, 0.2) is 0 Å². The molecule has 0 unspecified atom stereocenters. The number of benzene rings is 1. The van der Waals surface area contributed by atoms with Gasteiger partial charge in [-0.15, -0.1) is 0 Å². The highest BCUT2D eigenvalue weighted by molar-refractivity contribution is 6.09. The summed E-state index contributed by atoms with van der Waals surface area (Å²) in [6, 6.07) is 9.63. The maximum atomic E-state index is 12.9. The highest BCUT2D eigenvalue weighted by Gasteiger charge is 2.24. The Balaban J connectivity index is 1.54. The molecule has 0 atom stereocenters. The lowest BCUT2D eigenvalue weighted by Gasteiger charge is -2.12. The largest absolute Gasteiger partial charge is 0.353 e. The first-order valence-electron chi connectivity index (χ1n) is 8.64. The highest BCUT2D eigenvalue weighted by atomic mass is 16.1. The number of nitrogens with one attached hydrogen (secondary N) is 3. The van der Waals surface area contributed by atoms with E-state index in [0.29, 0.717) is 12.1 Å². The van der Waals surface area contributed by atoms with Crippen molar-refractivity contribution in [2.24, 2.45) is 0 Å². The summed E-state index contributed by atoms with van der Waals surface area (Å²) in [4.78, 5) is 20.3. The quantitative estimate of drug-likeness (QED) is 0.534. The fraction of sp³-hybridized carbons (Fsp3) is 0.150. The summed E-state index contributed by atoms with van der Waals surface area (Å²) in [6.07, 6.45) is 7.17. The summed E-state index contributed by atoms with van der Waals surface area (Å²) < 4.78 is 0. The van der Waals surface area contributed by atoms with E-state index >= 15 is 0 Å². The first-order chi connectivity index (χ1) is 12.8. The Morgan fingerprint density at radius 3 is 2.88 bits per heavy atom. The van der Waals surface area contributed by atoms with E-state index < -0.39 is 0 Å². The molecule has 0 radical (unpaired) electrons. The number of fused-ring (bicyclic) bond motifs is 5. The van der Waals surface area contributed by atoms with Crippen LogP contribution in [0.5, 0.6) is 0 Å². The minimum atomic E-state index is -0.0652. The van der Waals surface area contributed by atoms with Crippen LogP contribution < -0.4 is 5.32 Å². The molecule has 1 amide bonds. The van der Waals surface area contributed by atoms with Gasteiger partial charge in [0.1, 0.15) is 0 Å². The minimum absolute atomic E-state index is 0.0652. The van der Waals surface area contributed by atoms with E-state index in [4.69, 9.17) is 0 Å². The standard InChI is InChI=1S/C20H17N5O/c26-20(22-10-12-6-8-21-9-7-12)15-2-1-3-16-17(15)14-5-4-13-11-23-25-18(13)19(14)24-16/h1-3,6-9,11,24H,4-5,10H2,(H,22,26)(H,23,25). The Morgan fingerprint density at radius 1 is 1.12 bits per heavy atom. The van der Waals surface area contributed by atoms with Crippen molar-refractivity contribution in [1.29, 1.82) is 0 Å². The molecule has 6 nitrogen and oxygen atoms in total. The maximum absolute atomic E-state index is 12.9. The molecule has 0 spiro atoms. The van der Waals surface area contributed by atoms with E-state index in [0.717, 1.165) is 40.7 Å². The van der Waals surface area contributed by atoms with Crippen LogP contribution in [0, 0.1) is 0 Å². The highest BCUT2D eigenvalue weighted by Crippen LogP contribution is 2.37. The molecular formula is C20H17N5O. The number of H-pyrrole nitrogens is 2. The summed E-state index contributed by atoms with van der Waals surface area (Å²) in [5.41, 5.74) is 7.20. The lowest BCUT2D eigenvalue weighted by Crippen LogP contribution is -2.23. The number of rotatable bonds is 3. The van der Waals surface area contributed by atoms with Crippen molar-refractivity contribution < 1.29 is 4.79 Å². The number of aromatic nitrogens is 4. The number of carbonyl (C=O) groups excluding carboxylic acids is 1. The lowest BCUT2D eigenvalue weighted by atomic mass is 9.92. The van der Waals surface area contributed by atoms with Gasteiger partial charge in [-0.25, -0.2) is 0 Å². The second-order valence-corrected chi connectivity index (χ2v) is 6.52. The molecular weight excluding hydrogens is 326 g/mol. The number of hydrogen-bond acceptors (Lipinski definition) is 3. The zero-order chi connectivity index (χ0) is 17.5. The van der Waals surface area contributed by atoms with E-state index in [9.17, 15) is 4.79 Å². The molecule has 4 aromatic rings. The minimum Gasteiger partial charge on any atom is -0.353 e. The average Bonchev–Trinajstić information content (AvgIpc) is 3.30. The summed E-state index contributed by atoms with van der Waals surface area (Å²) in [5, 5.41) is 11.3. The Kier molecular flexibility index (Phi) is 3.35. The monoisotopic (exact) mass is 343 g/mol. The molecule has 0 saturated carbocycles. The third kappa shape index (κ3) is 2.30. The van der Waals surface area contributed by atoms with Crippen molar-refractivity contribution in [3.63, 3.8) is 0 Å². The van der Waals surface area contributed by atoms with Crippen LogP contribution in [0.3, 0.4) is 0 Å². The van der Waals surface area contributed by atoms with Gasteiger partial charge in [0.25, 0.3) is 5.91 Å². The topological polar surface area (TPSA) is 86.5 Å². The molecule has 0 saturated heterocycles. The molecule has 5 rings (SSSR count). The van der Waals surface area contributed by atoms with Crippen LogP contribution in [0.25, 0.3) is 22.3 Å². The van der Waals surface area contributed by atoms with Crippen LogP contribution in [-0.4, -0.2) is 26.1 Å². The van der Waals surface area contributed by atoms with E-state index in [2.05, 4.69) is 25.5 Å². The molecule has 3 heterocycles. The molecule has 1 aliphatic rings. The molecule has 0 aliphatic heterocycles. The number of nitrogens with zero attached hydrogens (tertiary/aromatic N) is 2. The van der Waals surface area contributed by atoms with Gasteiger partial charge in [0.2, 0.25) is 0 Å². The van der Waals surface area contributed by atoms with Gasteiger partial charge in [0.05, 0.1) is 17.6 Å². The summed E-state index contributed by atoms with van der Waals surface area (Å²) in [6.45, 7) is 0.481. The van der Waals surface area contributed by atoms with Crippen molar-refractivity contribution >= 4 is 16.8 Å². The van der Waals surface area contributed by atoms with Gasteiger partial charge >= 0.3 is 0 Å². The predicted octanol–water partition coefficient (Wildman–Crippen LogP) is 2.98. The molecule has 1 aromatic carbocycles. The SMILES string of the molecule is O=C(NCc1ccncc1)c1cccc2[nH]c3c(c12)CCc1cn[nH]c1-3. The van der Waals surface area contributed by atoms with Gasteiger partial charge in [-0.1, -0.05) is 6.07 Å². The van der Waals surface area contributed by atoms with E-state index in [1.54, 1.807) is 12.4 Å². The van der Waals surface area contributed by atoms with Crippen molar-refractivity contribution in [3.8, 4) is 11.4 Å². The number of amides is 1. The smallest absolute Gasteiger partial charge is 0.252 e. The average molecular weight is 343 g/mol. The molecule has 3 aromatic heterocycles. The summed E-state index contributed by atoms with van der Waals surface area (Å²) in [5.74, 6) is -0.0652. The summed E-state index contributed by atoms with van der Waals surface area (Å²) >= 11 is 0. The van der Waals surface area contributed by atoms with Crippen LogP contribution >= 0.6 is 0 Å². The number of aryl methyl sites for hydroxylation is 2. The van der Waals surface area contributed by atoms with Crippen molar-refractivity contribution in [2.75, 3.05) is 0 Å². The van der Waals surface area contributed by atoms with Crippen LogP contribution in [0.2, 0.25) is 0 Å². The predicted molar refractivity (Wildman–Crippen MR) is 98.7 cm³/mol. The van der Waals surface area contributed by atoms with Crippen LogP contribution in [0.4, 0.5) is 0 Å². The van der Waals surface area contributed by atoms with Gasteiger partial charge in [-0.05, 0) is 53.8 Å². The first-order valence-corrected chi connectivity index (χ1v) is 8.64. The maximum Gasteiger partial charge on any atom is 0.252 e. The third-order valence-corrected chi connectivity index (χ3v) is 4.99. The van der Waals surface area contributed by atoms with Gasteiger partial charge in [-0.2, -0.15) is 5.10 Å². The second-order valence-electron chi connectivity index (χ2n) is 6.52. The van der Waals surface area contributed by atoms with E-state index in [1.807, 2.05) is 36.5 Å². The molecule has 26 heavy (non-hydrogen) atoms. The van der Waals surface area contributed by atoms with Crippen molar-refractivity contribution in [1.82, 2.24) is 25.5 Å². The van der Waals surface area contributed by atoms with Crippen molar-refractivity contribution in [2.45, 2.75) is 19.4 Å². The molecule has 0 bridgehead atoms. The van der Waals surface area contributed by atoms with Gasteiger partial charge in [-0.3, -0.25) is 14.9 Å². The zero-order valence-electron chi connectivity index (χ0n) is 14.0. The Hall–Kier alpha value is -3.41. The lowest BCUT2D eigenvalue weighted by molar-refractivity contribution is 0.0952. The molecule has 1 aliphatic carbocycles. The van der Waals surface area contributed by atoms with Crippen molar-refractivity contribution in [3.05, 3.63) is 71.2 Å². The van der Waals surface area contributed by atoms with Gasteiger partial charge in [0, 0.05) is 35.4 Å². The first kappa shape index (κ1) is 14.9. The number of aromatic amines is 2. The Morgan fingerprint density at radius 2 is 2.00 bits per heavy atom.